The van der Waals surface area contributed by atoms with Crippen LogP contribution < -0.4 is 0 Å². The van der Waals surface area contributed by atoms with Crippen LogP contribution in [-0.4, -0.2) is 21.6 Å². The van der Waals surface area contributed by atoms with E-state index in [1.807, 2.05) is 13.8 Å². The summed E-state index contributed by atoms with van der Waals surface area (Å²) in [7, 11) is 0. The molecule has 2 aliphatic heterocycles. The molecule has 0 unspecified atom stereocenters. The fraction of sp³-hybridized carbons (Fsp3) is 0.211. The summed E-state index contributed by atoms with van der Waals surface area (Å²) in [5, 5.41) is -0.0298. The minimum absolute atomic E-state index is 0.0298. The lowest BCUT2D eigenvalue weighted by molar-refractivity contribution is -0.363. The van der Waals surface area contributed by atoms with Crippen LogP contribution in [0.5, 0.6) is 0 Å². The van der Waals surface area contributed by atoms with E-state index in [0.717, 1.165) is 20.1 Å². The number of rotatable bonds is 1. The lowest BCUT2D eigenvalue weighted by Crippen LogP contribution is -2.51. The number of hydrogen-bond donors (Lipinski definition) is 0. The molecule has 7 heteroatoms. The molecule has 134 valence electrons. The number of allylic oxidation sites excluding steroid dienone is 2. The molecule has 0 amide bonds. The van der Waals surface area contributed by atoms with Crippen LogP contribution >= 0.6 is 11.6 Å². The van der Waals surface area contributed by atoms with E-state index in [4.69, 9.17) is 11.6 Å². The number of aromatic nitrogens is 1. The Balaban J connectivity index is 2.17. The van der Waals surface area contributed by atoms with E-state index in [1.165, 1.54) is 12.1 Å². The summed E-state index contributed by atoms with van der Waals surface area (Å²) in [6.45, 7) is 2.98. The van der Waals surface area contributed by atoms with Crippen LogP contribution in [0.4, 0.5) is 13.0 Å². The molecule has 1 aromatic heterocycles. The van der Waals surface area contributed by atoms with Crippen molar-refractivity contribution in [3.8, 4) is 0 Å². The molecular formula is C19H17BClF3N2. The van der Waals surface area contributed by atoms with Crippen LogP contribution in [0.2, 0.25) is 5.02 Å². The summed E-state index contributed by atoms with van der Waals surface area (Å²) < 4.78 is 46.8. The van der Waals surface area contributed by atoms with Gasteiger partial charge in [0.05, 0.1) is 10.6 Å². The third-order valence-electron chi connectivity index (χ3n) is 5.14. The molecule has 4 rings (SSSR count). The van der Waals surface area contributed by atoms with Crippen molar-refractivity contribution >= 4 is 29.9 Å². The Labute approximate surface area is 155 Å². The molecule has 0 bridgehead atoms. The second-order valence-corrected chi connectivity index (χ2v) is 7.37. The van der Waals surface area contributed by atoms with Gasteiger partial charge in [0, 0.05) is 24.3 Å². The van der Waals surface area contributed by atoms with E-state index in [9.17, 15) is 4.39 Å². The van der Waals surface area contributed by atoms with E-state index in [-0.39, 0.29) is 5.02 Å². The minimum atomic E-state index is -4.01. The third kappa shape index (κ3) is 2.11. The highest BCUT2D eigenvalue weighted by atomic mass is 35.5. The molecule has 2 aliphatic rings. The molecule has 0 saturated carbocycles. The highest BCUT2D eigenvalue weighted by molar-refractivity contribution is 6.58. The summed E-state index contributed by atoms with van der Waals surface area (Å²) in [5.41, 5.74) is 4.68. The second kappa shape index (κ2) is 5.40. The zero-order valence-corrected chi connectivity index (χ0v) is 15.6. The van der Waals surface area contributed by atoms with E-state index in [2.05, 4.69) is 0 Å². The van der Waals surface area contributed by atoms with Gasteiger partial charge in [0.1, 0.15) is 11.5 Å². The van der Waals surface area contributed by atoms with E-state index in [1.54, 1.807) is 32.1 Å². The average Bonchev–Trinajstić information content (AvgIpc) is 3.01. The molecule has 0 aliphatic carbocycles. The van der Waals surface area contributed by atoms with Crippen LogP contribution in [0.25, 0.3) is 5.57 Å². The third-order valence-corrected chi connectivity index (χ3v) is 5.43. The predicted molar refractivity (Wildman–Crippen MR) is 99.4 cm³/mol. The fourth-order valence-electron chi connectivity index (χ4n) is 4.22. The highest BCUT2D eigenvalue weighted by Gasteiger charge is 2.55. The molecule has 0 N–H and O–H groups in total. The molecule has 1 aromatic carbocycles. The van der Waals surface area contributed by atoms with E-state index < -0.39 is 12.8 Å². The van der Waals surface area contributed by atoms with Crippen molar-refractivity contribution in [3.63, 3.8) is 0 Å². The lowest BCUT2D eigenvalue weighted by atomic mass is 9.84. The van der Waals surface area contributed by atoms with Crippen LogP contribution in [0.3, 0.4) is 0 Å². The minimum Gasteiger partial charge on any atom is -0.393 e. The maximum Gasteiger partial charge on any atom is 0.737 e. The highest BCUT2D eigenvalue weighted by Crippen LogP contribution is 2.44. The molecule has 0 atom stereocenters. The standard InChI is InChI=1S/C19H17BClF3N2/c1-10-7-12(3)25-18(10)17(14-5-6-16(22)15(21)9-14)19-11(2)8-13(4)26(19)20(25,23)24/h5-9H,1-4H3. The first-order valence-corrected chi connectivity index (χ1v) is 8.75. The Hall–Kier alpha value is -2.21. The summed E-state index contributed by atoms with van der Waals surface area (Å²) in [5.74, 6) is -0.534. The van der Waals surface area contributed by atoms with Gasteiger partial charge in [0.15, 0.2) is 5.70 Å². The first-order chi connectivity index (χ1) is 12.1. The maximum atomic E-state index is 15.5. The van der Waals surface area contributed by atoms with Crippen LogP contribution in [-0.2, 0) is 0 Å². The van der Waals surface area contributed by atoms with Gasteiger partial charge < -0.3 is 17.6 Å². The van der Waals surface area contributed by atoms with Gasteiger partial charge in [-0.2, -0.15) is 0 Å². The fourth-order valence-corrected chi connectivity index (χ4v) is 4.40. The monoisotopic (exact) mass is 376 g/mol. The van der Waals surface area contributed by atoms with Crippen LogP contribution in [0.15, 0.2) is 41.6 Å². The smallest absolute Gasteiger partial charge is 0.393 e. The van der Waals surface area contributed by atoms with Gasteiger partial charge in [-0.25, -0.2) is 4.39 Å². The Morgan fingerprint density at radius 2 is 1.77 bits per heavy atom. The van der Waals surface area contributed by atoms with Gasteiger partial charge in [-0.3, -0.25) is 0 Å². The molecule has 2 nitrogen and oxygen atoms in total. The second-order valence-electron chi connectivity index (χ2n) is 6.97. The Bertz CT molecular complexity index is 1080. The van der Waals surface area contributed by atoms with Crippen molar-refractivity contribution in [2.45, 2.75) is 27.7 Å². The molecule has 0 saturated heterocycles. The zero-order valence-electron chi connectivity index (χ0n) is 14.9. The normalized spacial score (nSPS) is 18.2. The number of aryl methyl sites for hydroxylation is 2. The molecule has 0 spiro atoms. The van der Waals surface area contributed by atoms with Crippen LogP contribution in [0.1, 0.15) is 36.4 Å². The number of halogens is 4. The predicted octanol–water partition coefficient (Wildman–Crippen LogP) is 5.33. The van der Waals surface area contributed by atoms with Gasteiger partial charge in [-0.15, -0.1) is 0 Å². The number of nitrogens with zero attached hydrogens (tertiary/aromatic N) is 2. The summed E-state index contributed by atoms with van der Waals surface area (Å²) >= 11 is 5.99. The van der Waals surface area contributed by atoms with Gasteiger partial charge in [-0.05, 0) is 55.8 Å². The van der Waals surface area contributed by atoms with Gasteiger partial charge in [-0.1, -0.05) is 17.7 Å². The molecular weight excluding hydrogens is 359 g/mol. The quantitative estimate of drug-likeness (QED) is 0.595. The molecule has 2 aromatic rings. The van der Waals surface area contributed by atoms with Gasteiger partial charge >= 0.3 is 6.97 Å². The van der Waals surface area contributed by atoms with Crippen molar-refractivity contribution in [2.24, 2.45) is 0 Å². The first-order valence-electron chi connectivity index (χ1n) is 8.37. The Kier molecular flexibility index (Phi) is 3.57. The Morgan fingerprint density at radius 1 is 1.08 bits per heavy atom. The zero-order chi connectivity index (χ0) is 19.0. The van der Waals surface area contributed by atoms with E-state index in [0.29, 0.717) is 33.9 Å². The van der Waals surface area contributed by atoms with Crippen molar-refractivity contribution in [1.82, 2.24) is 4.48 Å². The Morgan fingerprint density at radius 3 is 2.42 bits per heavy atom. The molecule has 0 radical (unpaired) electrons. The maximum absolute atomic E-state index is 15.5. The summed E-state index contributed by atoms with van der Waals surface area (Å²) in [4.78, 5) is 0. The largest absolute Gasteiger partial charge is 0.737 e. The lowest BCUT2D eigenvalue weighted by Gasteiger charge is -2.34. The molecule has 0 fully saturated rings. The van der Waals surface area contributed by atoms with Crippen molar-refractivity contribution in [1.29, 1.82) is 0 Å². The molecule has 26 heavy (non-hydrogen) atoms. The van der Waals surface area contributed by atoms with Crippen molar-refractivity contribution in [2.75, 3.05) is 0 Å². The van der Waals surface area contributed by atoms with Gasteiger partial charge in [0.2, 0.25) is 0 Å². The number of benzene rings is 1. The van der Waals surface area contributed by atoms with Crippen molar-refractivity contribution in [3.05, 3.63) is 75.0 Å². The topological polar surface area (TPSA) is 7.94 Å². The SMILES string of the molecule is CC1=CC(C)=[N+]2C1=C(c1ccc(F)c(Cl)c1)c1c(C)cc(C)n1[B-]2(F)F. The number of fused-ring (bicyclic) bond motifs is 2. The molecule has 3 heterocycles. The van der Waals surface area contributed by atoms with Crippen LogP contribution in [0, 0.1) is 19.7 Å². The summed E-state index contributed by atoms with van der Waals surface area (Å²) in [6.07, 6.45) is 1.76. The number of hydrogen-bond acceptors (Lipinski definition) is 0. The van der Waals surface area contributed by atoms with Gasteiger partial charge in [0.25, 0.3) is 0 Å². The summed E-state index contributed by atoms with van der Waals surface area (Å²) in [6, 6.07) is 6.12. The van der Waals surface area contributed by atoms with E-state index >= 15 is 8.63 Å². The first kappa shape index (κ1) is 17.2. The van der Waals surface area contributed by atoms with Crippen molar-refractivity contribution < 1.29 is 17.5 Å². The average molecular weight is 377 g/mol.